The molecule has 0 spiro atoms. The fourth-order valence-corrected chi connectivity index (χ4v) is 4.62. The van der Waals surface area contributed by atoms with Crippen LogP contribution in [0.25, 0.3) is 0 Å². The van der Waals surface area contributed by atoms with E-state index in [0.29, 0.717) is 11.6 Å². The molecule has 1 aromatic carbocycles. The Morgan fingerprint density at radius 3 is 2.62 bits per heavy atom. The normalized spacial score (nSPS) is 24.6. The van der Waals surface area contributed by atoms with E-state index in [9.17, 15) is 8.42 Å². The standard InChI is InChI=1S/C21H36N2O2S/c1-6-7-8-9-13-23-14-12-21(4,18(3)16-23)19-11-10-17(2)20(15-19)22-26(5,24)25/h10-11,15,18,22H,6-9,12-14,16H2,1-5H3/t18-,21-/m0/s1. The molecule has 0 unspecified atom stereocenters. The van der Waals surface area contributed by atoms with Crippen molar-refractivity contribution < 1.29 is 8.42 Å². The number of sulfonamides is 1. The second-order valence-electron chi connectivity index (χ2n) is 8.33. The van der Waals surface area contributed by atoms with Crippen LogP contribution in [0.15, 0.2) is 18.2 Å². The van der Waals surface area contributed by atoms with Gasteiger partial charge in [-0.25, -0.2) is 8.42 Å². The summed E-state index contributed by atoms with van der Waals surface area (Å²) in [7, 11) is -3.26. The van der Waals surface area contributed by atoms with Gasteiger partial charge in [-0.05, 0) is 61.4 Å². The Labute approximate surface area is 160 Å². The lowest BCUT2D eigenvalue weighted by Gasteiger charge is -2.45. The minimum absolute atomic E-state index is 0.0849. The molecule has 26 heavy (non-hydrogen) atoms. The van der Waals surface area contributed by atoms with E-state index in [0.717, 1.165) is 25.1 Å². The molecule has 2 atom stereocenters. The third kappa shape index (κ3) is 5.46. The van der Waals surface area contributed by atoms with Crippen LogP contribution < -0.4 is 4.72 Å². The van der Waals surface area contributed by atoms with Crippen molar-refractivity contribution >= 4 is 15.7 Å². The van der Waals surface area contributed by atoms with Crippen molar-refractivity contribution in [1.29, 1.82) is 0 Å². The Morgan fingerprint density at radius 2 is 2.00 bits per heavy atom. The Morgan fingerprint density at radius 1 is 1.27 bits per heavy atom. The van der Waals surface area contributed by atoms with E-state index in [-0.39, 0.29) is 5.41 Å². The predicted molar refractivity (Wildman–Crippen MR) is 111 cm³/mol. The van der Waals surface area contributed by atoms with Crippen molar-refractivity contribution in [3.8, 4) is 0 Å². The van der Waals surface area contributed by atoms with Crippen molar-refractivity contribution in [2.45, 2.75) is 65.2 Å². The van der Waals surface area contributed by atoms with E-state index in [1.165, 1.54) is 44.0 Å². The van der Waals surface area contributed by atoms with E-state index < -0.39 is 10.0 Å². The second kappa shape index (κ2) is 8.75. The molecule has 0 saturated carbocycles. The van der Waals surface area contributed by atoms with Gasteiger partial charge in [-0.1, -0.05) is 52.2 Å². The van der Waals surface area contributed by atoms with Gasteiger partial charge in [0.1, 0.15) is 0 Å². The third-order valence-electron chi connectivity index (χ3n) is 6.09. The first kappa shape index (κ1) is 21.2. The maximum Gasteiger partial charge on any atom is 0.229 e. The van der Waals surface area contributed by atoms with Gasteiger partial charge in [-0.3, -0.25) is 4.72 Å². The molecule has 0 aromatic heterocycles. The number of unbranched alkanes of at least 4 members (excludes halogenated alkanes) is 3. The maximum atomic E-state index is 11.7. The summed E-state index contributed by atoms with van der Waals surface area (Å²) < 4.78 is 26.0. The lowest BCUT2D eigenvalue weighted by atomic mass is 9.68. The van der Waals surface area contributed by atoms with Crippen LogP contribution in [0.2, 0.25) is 0 Å². The molecule has 0 aliphatic carbocycles. The van der Waals surface area contributed by atoms with Gasteiger partial charge in [-0.2, -0.15) is 0 Å². The Hall–Kier alpha value is -1.07. The number of nitrogens with zero attached hydrogens (tertiary/aromatic N) is 1. The van der Waals surface area contributed by atoms with Crippen LogP contribution in [0.5, 0.6) is 0 Å². The van der Waals surface area contributed by atoms with Gasteiger partial charge in [0.05, 0.1) is 11.9 Å². The number of piperidine rings is 1. The lowest BCUT2D eigenvalue weighted by Crippen LogP contribution is -2.47. The molecule has 1 N–H and O–H groups in total. The predicted octanol–water partition coefficient (Wildman–Crippen LogP) is 4.55. The Balaban J connectivity index is 2.10. The van der Waals surface area contributed by atoms with Crippen LogP contribution >= 0.6 is 0 Å². The number of likely N-dealkylation sites (tertiary alicyclic amines) is 1. The second-order valence-corrected chi connectivity index (χ2v) is 10.1. The van der Waals surface area contributed by atoms with Gasteiger partial charge in [0.2, 0.25) is 10.0 Å². The van der Waals surface area contributed by atoms with Crippen LogP contribution in [0.3, 0.4) is 0 Å². The first-order valence-electron chi connectivity index (χ1n) is 9.97. The summed E-state index contributed by atoms with van der Waals surface area (Å²) in [5.74, 6) is 0.538. The Bertz CT molecular complexity index is 702. The largest absolute Gasteiger partial charge is 0.303 e. The van der Waals surface area contributed by atoms with Gasteiger partial charge in [0.15, 0.2) is 0 Å². The number of nitrogens with one attached hydrogen (secondary N) is 1. The van der Waals surface area contributed by atoms with Gasteiger partial charge in [0.25, 0.3) is 0 Å². The molecule has 4 nitrogen and oxygen atoms in total. The monoisotopic (exact) mass is 380 g/mol. The van der Waals surface area contributed by atoms with Gasteiger partial charge >= 0.3 is 0 Å². The highest BCUT2D eigenvalue weighted by molar-refractivity contribution is 7.92. The summed E-state index contributed by atoms with van der Waals surface area (Å²) in [6.07, 6.45) is 7.57. The Kier molecular flexibility index (Phi) is 7.14. The number of aryl methyl sites for hydroxylation is 1. The average Bonchev–Trinajstić information content (AvgIpc) is 2.55. The quantitative estimate of drug-likeness (QED) is 0.673. The van der Waals surface area contributed by atoms with Crippen molar-refractivity contribution in [2.24, 2.45) is 5.92 Å². The molecule has 0 radical (unpaired) electrons. The summed E-state index contributed by atoms with van der Waals surface area (Å²) in [5, 5.41) is 0. The fraction of sp³-hybridized carbons (Fsp3) is 0.714. The molecule has 1 aliphatic heterocycles. The highest BCUT2D eigenvalue weighted by atomic mass is 32.2. The smallest absolute Gasteiger partial charge is 0.229 e. The van der Waals surface area contributed by atoms with Gasteiger partial charge in [-0.15, -0.1) is 0 Å². The van der Waals surface area contributed by atoms with Crippen molar-refractivity contribution in [1.82, 2.24) is 4.90 Å². The van der Waals surface area contributed by atoms with Crippen LogP contribution in [0.1, 0.15) is 64.0 Å². The molecule has 5 heteroatoms. The number of hydrogen-bond donors (Lipinski definition) is 1. The van der Waals surface area contributed by atoms with E-state index in [2.05, 4.69) is 36.5 Å². The minimum Gasteiger partial charge on any atom is -0.303 e. The molecule has 148 valence electrons. The number of rotatable bonds is 8. The molecule has 1 aliphatic rings. The number of hydrogen-bond acceptors (Lipinski definition) is 3. The summed E-state index contributed by atoms with van der Waals surface area (Å²) >= 11 is 0. The molecule has 0 amide bonds. The van der Waals surface area contributed by atoms with Crippen LogP contribution in [-0.2, 0) is 15.4 Å². The molecule has 0 bridgehead atoms. The zero-order valence-electron chi connectivity index (χ0n) is 17.1. The summed E-state index contributed by atoms with van der Waals surface area (Å²) in [5.41, 5.74) is 3.00. The van der Waals surface area contributed by atoms with Gasteiger partial charge < -0.3 is 4.90 Å². The molecular weight excluding hydrogens is 344 g/mol. The molecular formula is C21H36N2O2S. The molecule has 2 rings (SSSR count). The van der Waals surface area contributed by atoms with E-state index >= 15 is 0 Å². The molecule has 1 aromatic rings. The summed E-state index contributed by atoms with van der Waals surface area (Å²) in [4.78, 5) is 2.60. The first-order chi connectivity index (χ1) is 12.2. The molecule has 1 heterocycles. The summed E-state index contributed by atoms with van der Waals surface area (Å²) in [6.45, 7) is 12.3. The topological polar surface area (TPSA) is 49.4 Å². The molecule has 1 fully saturated rings. The van der Waals surface area contributed by atoms with Crippen LogP contribution in [0, 0.1) is 12.8 Å². The number of anilines is 1. The van der Waals surface area contributed by atoms with Gasteiger partial charge in [0, 0.05) is 6.54 Å². The fourth-order valence-electron chi connectivity index (χ4n) is 4.00. The van der Waals surface area contributed by atoms with Crippen molar-refractivity contribution in [3.63, 3.8) is 0 Å². The SMILES string of the molecule is CCCCCCN1CC[C@](C)(c2ccc(C)c(NS(C)(=O)=O)c2)[C@@H](C)C1. The number of benzene rings is 1. The van der Waals surface area contributed by atoms with Crippen LogP contribution in [-0.4, -0.2) is 39.2 Å². The minimum atomic E-state index is -3.26. The molecule has 1 saturated heterocycles. The summed E-state index contributed by atoms with van der Waals surface area (Å²) in [6, 6.07) is 6.26. The van der Waals surface area contributed by atoms with Crippen LogP contribution in [0.4, 0.5) is 5.69 Å². The zero-order chi connectivity index (χ0) is 19.4. The highest BCUT2D eigenvalue weighted by Crippen LogP contribution is 2.40. The average molecular weight is 381 g/mol. The lowest BCUT2D eigenvalue weighted by molar-refractivity contribution is 0.109. The third-order valence-corrected chi connectivity index (χ3v) is 6.68. The maximum absolute atomic E-state index is 11.7. The van der Waals surface area contributed by atoms with Crippen molar-refractivity contribution in [3.05, 3.63) is 29.3 Å². The zero-order valence-corrected chi connectivity index (χ0v) is 18.0. The van der Waals surface area contributed by atoms with E-state index in [1.807, 2.05) is 19.1 Å². The first-order valence-corrected chi connectivity index (χ1v) is 11.9. The van der Waals surface area contributed by atoms with E-state index in [4.69, 9.17) is 0 Å². The van der Waals surface area contributed by atoms with E-state index in [1.54, 1.807) is 0 Å². The highest BCUT2D eigenvalue weighted by Gasteiger charge is 2.38. The van der Waals surface area contributed by atoms with Crippen molar-refractivity contribution in [2.75, 3.05) is 30.6 Å².